The van der Waals surface area contributed by atoms with Gasteiger partial charge in [-0.25, -0.2) is 0 Å². The average molecular weight is 316 g/mol. The van der Waals surface area contributed by atoms with Crippen LogP contribution in [0.25, 0.3) is 0 Å². The Kier molecular flexibility index (Phi) is 5.53. The van der Waals surface area contributed by atoms with Crippen molar-refractivity contribution in [2.75, 3.05) is 19.1 Å². The Balaban J connectivity index is 2.93. The molecule has 0 aliphatic carbocycles. The van der Waals surface area contributed by atoms with Crippen molar-refractivity contribution in [1.82, 2.24) is 4.90 Å². The van der Waals surface area contributed by atoms with Gasteiger partial charge in [0.15, 0.2) is 0 Å². The van der Waals surface area contributed by atoms with Crippen molar-refractivity contribution >= 4 is 33.6 Å². The highest BCUT2D eigenvalue weighted by Crippen LogP contribution is 2.21. The summed E-state index contributed by atoms with van der Waals surface area (Å²) >= 11 is 5.21. The molecule has 0 saturated heterocycles. The van der Waals surface area contributed by atoms with Crippen LogP contribution in [0.3, 0.4) is 0 Å². The largest absolute Gasteiger partial charge is 0.338 e. The van der Waals surface area contributed by atoms with Gasteiger partial charge in [-0.3, -0.25) is 4.79 Å². The second-order valence-corrected chi connectivity index (χ2v) is 5.90. The van der Waals surface area contributed by atoms with Crippen LogP contribution in [0.4, 0.5) is 0 Å². The number of thioether (sulfide) groups is 1. The zero-order valence-corrected chi connectivity index (χ0v) is 13.1. The third-order valence-electron chi connectivity index (χ3n) is 2.89. The van der Waals surface area contributed by atoms with Crippen molar-refractivity contribution < 1.29 is 4.79 Å². The first-order valence-corrected chi connectivity index (χ1v) is 7.69. The first kappa shape index (κ1) is 14.6. The lowest BCUT2D eigenvalue weighted by molar-refractivity contribution is 0.0757. The van der Waals surface area contributed by atoms with E-state index >= 15 is 0 Å². The molecule has 0 aromatic heterocycles. The molecule has 1 atom stereocenters. The van der Waals surface area contributed by atoms with E-state index in [1.54, 1.807) is 11.8 Å². The lowest BCUT2D eigenvalue weighted by atomic mass is 10.1. The van der Waals surface area contributed by atoms with Gasteiger partial charge in [-0.15, -0.1) is 0 Å². The van der Waals surface area contributed by atoms with E-state index in [0.29, 0.717) is 0 Å². The van der Waals surface area contributed by atoms with Gasteiger partial charge in [0.2, 0.25) is 0 Å². The van der Waals surface area contributed by atoms with Crippen molar-refractivity contribution in [2.24, 2.45) is 0 Å². The molecule has 17 heavy (non-hydrogen) atoms. The average Bonchev–Trinajstić information content (AvgIpc) is 2.31. The predicted molar refractivity (Wildman–Crippen MR) is 78.8 cm³/mol. The quantitative estimate of drug-likeness (QED) is 0.846. The molecule has 0 heterocycles. The molecule has 1 aromatic carbocycles. The third-order valence-corrected chi connectivity index (χ3v) is 4.56. The number of carbonyl (C=O) groups excluding carboxylic acids is 1. The van der Waals surface area contributed by atoms with Gasteiger partial charge in [-0.1, -0.05) is 22.0 Å². The number of halogens is 1. The van der Waals surface area contributed by atoms with Gasteiger partial charge in [0.05, 0.1) is 0 Å². The van der Waals surface area contributed by atoms with E-state index in [0.717, 1.165) is 21.4 Å². The zero-order chi connectivity index (χ0) is 13.0. The number of rotatable bonds is 4. The molecule has 0 aliphatic heterocycles. The van der Waals surface area contributed by atoms with E-state index < -0.39 is 0 Å². The molecular weight excluding hydrogens is 298 g/mol. The molecule has 1 unspecified atom stereocenters. The molecule has 94 valence electrons. The van der Waals surface area contributed by atoms with E-state index in [2.05, 4.69) is 29.1 Å². The Labute approximate surface area is 116 Å². The molecule has 0 fully saturated rings. The van der Waals surface area contributed by atoms with E-state index in [1.165, 1.54) is 0 Å². The van der Waals surface area contributed by atoms with Crippen molar-refractivity contribution in [3.05, 3.63) is 33.8 Å². The minimum Gasteiger partial charge on any atom is -0.338 e. The summed E-state index contributed by atoms with van der Waals surface area (Å²) in [6.45, 7) is 4.03. The van der Waals surface area contributed by atoms with Crippen LogP contribution in [0.15, 0.2) is 22.7 Å². The number of hydrogen-bond acceptors (Lipinski definition) is 2. The van der Waals surface area contributed by atoms with Gasteiger partial charge in [0, 0.05) is 28.9 Å². The minimum absolute atomic E-state index is 0.0883. The Hall–Kier alpha value is -0.480. The monoisotopic (exact) mass is 315 g/mol. The first-order valence-electron chi connectivity index (χ1n) is 5.50. The second-order valence-electron chi connectivity index (χ2n) is 4.13. The summed E-state index contributed by atoms with van der Waals surface area (Å²) in [5.41, 5.74) is 1.77. The summed E-state index contributed by atoms with van der Waals surface area (Å²) in [6, 6.07) is 5.98. The molecule has 0 spiro atoms. The Morgan fingerprint density at radius 2 is 2.18 bits per heavy atom. The number of amides is 1. The topological polar surface area (TPSA) is 20.3 Å². The summed E-state index contributed by atoms with van der Waals surface area (Å²) in [4.78, 5) is 14.1. The van der Waals surface area contributed by atoms with Crippen LogP contribution in [0.5, 0.6) is 0 Å². The van der Waals surface area contributed by atoms with Gasteiger partial charge in [-0.05, 0) is 37.8 Å². The fraction of sp³-hybridized carbons (Fsp3) is 0.462. The Morgan fingerprint density at radius 1 is 1.53 bits per heavy atom. The first-order chi connectivity index (χ1) is 7.99. The fourth-order valence-electron chi connectivity index (χ4n) is 1.58. The van der Waals surface area contributed by atoms with Crippen LogP contribution in [-0.2, 0) is 0 Å². The number of benzene rings is 1. The normalized spacial score (nSPS) is 12.3. The third kappa shape index (κ3) is 3.49. The zero-order valence-electron chi connectivity index (χ0n) is 10.7. The van der Waals surface area contributed by atoms with Crippen molar-refractivity contribution in [3.63, 3.8) is 0 Å². The molecule has 2 nitrogen and oxygen atoms in total. The summed E-state index contributed by atoms with van der Waals surface area (Å²) in [6.07, 6.45) is 2.05. The summed E-state index contributed by atoms with van der Waals surface area (Å²) in [7, 11) is 1.86. The predicted octanol–water partition coefficient (Wildman–Crippen LogP) is 3.58. The van der Waals surface area contributed by atoms with Crippen LogP contribution in [0.1, 0.15) is 22.8 Å². The highest BCUT2D eigenvalue weighted by atomic mass is 79.9. The van der Waals surface area contributed by atoms with Crippen LogP contribution in [-0.4, -0.2) is 35.9 Å². The second kappa shape index (κ2) is 6.45. The summed E-state index contributed by atoms with van der Waals surface area (Å²) < 4.78 is 0.981. The lowest BCUT2D eigenvalue weighted by Crippen LogP contribution is -2.36. The molecule has 1 amide bonds. The summed E-state index contributed by atoms with van der Waals surface area (Å²) in [5, 5.41) is 0. The maximum absolute atomic E-state index is 12.3. The number of nitrogens with zero attached hydrogens (tertiary/aromatic N) is 1. The molecule has 1 rings (SSSR count). The molecule has 4 heteroatoms. The van der Waals surface area contributed by atoms with Crippen molar-refractivity contribution in [2.45, 2.75) is 19.9 Å². The van der Waals surface area contributed by atoms with Gasteiger partial charge in [-0.2, -0.15) is 11.8 Å². The molecule has 0 radical (unpaired) electrons. The molecular formula is C13H18BrNOS. The van der Waals surface area contributed by atoms with Gasteiger partial charge >= 0.3 is 0 Å². The number of hydrogen-bond donors (Lipinski definition) is 0. The standard InChI is InChI=1S/C13H18BrNOS/c1-9(8-17-4)15(3)13(16)11-6-5-7-12(14)10(11)2/h5-7,9H,8H2,1-4H3. The van der Waals surface area contributed by atoms with Crippen LogP contribution >= 0.6 is 27.7 Å². The molecule has 0 aliphatic rings. The molecule has 0 N–H and O–H groups in total. The Morgan fingerprint density at radius 3 is 2.76 bits per heavy atom. The Bertz CT molecular complexity index is 408. The van der Waals surface area contributed by atoms with Crippen LogP contribution in [0.2, 0.25) is 0 Å². The van der Waals surface area contributed by atoms with Crippen molar-refractivity contribution in [3.8, 4) is 0 Å². The van der Waals surface area contributed by atoms with E-state index in [4.69, 9.17) is 0 Å². The fourth-order valence-corrected chi connectivity index (χ4v) is 2.65. The molecule has 0 bridgehead atoms. The van der Waals surface area contributed by atoms with Crippen LogP contribution in [0, 0.1) is 6.92 Å². The molecule has 1 aromatic rings. The van der Waals surface area contributed by atoms with E-state index in [9.17, 15) is 4.79 Å². The van der Waals surface area contributed by atoms with Gasteiger partial charge in [0.1, 0.15) is 0 Å². The van der Waals surface area contributed by atoms with E-state index in [-0.39, 0.29) is 11.9 Å². The van der Waals surface area contributed by atoms with Gasteiger partial charge in [0.25, 0.3) is 5.91 Å². The SMILES string of the molecule is CSCC(C)N(C)C(=O)c1cccc(Br)c1C. The van der Waals surface area contributed by atoms with Crippen molar-refractivity contribution in [1.29, 1.82) is 0 Å². The molecule has 0 saturated carbocycles. The van der Waals surface area contributed by atoms with Crippen LogP contribution < -0.4 is 0 Å². The lowest BCUT2D eigenvalue weighted by Gasteiger charge is -2.25. The highest BCUT2D eigenvalue weighted by Gasteiger charge is 2.19. The minimum atomic E-state index is 0.0883. The highest BCUT2D eigenvalue weighted by molar-refractivity contribution is 9.10. The maximum Gasteiger partial charge on any atom is 0.254 e. The smallest absolute Gasteiger partial charge is 0.254 e. The maximum atomic E-state index is 12.3. The van der Waals surface area contributed by atoms with Gasteiger partial charge < -0.3 is 4.90 Å². The van der Waals surface area contributed by atoms with E-state index in [1.807, 2.05) is 37.1 Å². The summed E-state index contributed by atoms with van der Waals surface area (Å²) in [5.74, 6) is 1.04. The number of carbonyl (C=O) groups is 1.